The van der Waals surface area contributed by atoms with E-state index in [4.69, 9.17) is 0 Å². The number of carbonyl (C=O) groups is 1. The van der Waals surface area contributed by atoms with Crippen molar-refractivity contribution >= 4 is 5.91 Å². The van der Waals surface area contributed by atoms with Gasteiger partial charge in [0.2, 0.25) is 5.67 Å². The predicted molar refractivity (Wildman–Crippen MR) is 73.6 cm³/mol. The summed E-state index contributed by atoms with van der Waals surface area (Å²) in [7, 11) is 0. The van der Waals surface area contributed by atoms with E-state index in [2.05, 4.69) is 5.32 Å². The first-order valence-electron chi connectivity index (χ1n) is 6.80. The number of aryl methyl sites for hydroxylation is 1. The molecular formula is C15H21FN2O. The van der Waals surface area contributed by atoms with Gasteiger partial charge in [-0.25, -0.2) is 4.39 Å². The molecule has 0 unspecified atom stereocenters. The van der Waals surface area contributed by atoms with Crippen molar-refractivity contribution in [2.24, 2.45) is 0 Å². The van der Waals surface area contributed by atoms with Crippen LogP contribution in [-0.2, 0) is 11.3 Å². The first-order chi connectivity index (χ1) is 9.07. The SMILES string of the molecule is CCN(Cc1ccccc1C)C(=O)[C@@]1(F)CCNC1. The van der Waals surface area contributed by atoms with Crippen molar-refractivity contribution in [1.29, 1.82) is 0 Å². The summed E-state index contributed by atoms with van der Waals surface area (Å²) in [6, 6.07) is 7.91. The lowest BCUT2D eigenvalue weighted by Gasteiger charge is -2.28. The molecule has 19 heavy (non-hydrogen) atoms. The molecule has 1 aromatic carbocycles. The van der Waals surface area contributed by atoms with Crippen LogP contribution in [0.2, 0.25) is 0 Å². The summed E-state index contributed by atoms with van der Waals surface area (Å²) in [6.07, 6.45) is 0.274. The highest BCUT2D eigenvalue weighted by Gasteiger charge is 2.43. The number of carbonyl (C=O) groups excluding carboxylic acids is 1. The van der Waals surface area contributed by atoms with E-state index in [1.807, 2.05) is 38.1 Å². The first-order valence-corrected chi connectivity index (χ1v) is 6.80. The van der Waals surface area contributed by atoms with Crippen molar-refractivity contribution in [3.05, 3.63) is 35.4 Å². The van der Waals surface area contributed by atoms with Crippen molar-refractivity contribution < 1.29 is 9.18 Å². The lowest BCUT2D eigenvalue weighted by Crippen LogP contribution is -2.47. The van der Waals surface area contributed by atoms with E-state index >= 15 is 0 Å². The Bertz CT molecular complexity index is 455. The van der Waals surface area contributed by atoms with Crippen LogP contribution >= 0.6 is 0 Å². The van der Waals surface area contributed by atoms with Gasteiger partial charge in [-0.15, -0.1) is 0 Å². The van der Waals surface area contributed by atoms with Gasteiger partial charge in [0.1, 0.15) is 0 Å². The standard InChI is InChI=1S/C15H21FN2O/c1-3-18(10-13-7-5-4-6-12(13)2)14(19)15(16)8-9-17-11-15/h4-7,17H,3,8-11H2,1-2H3/t15-/m1/s1. The second kappa shape index (κ2) is 5.70. The Labute approximate surface area is 113 Å². The molecule has 1 amide bonds. The summed E-state index contributed by atoms with van der Waals surface area (Å²) in [6.45, 7) is 5.62. The minimum Gasteiger partial charge on any atom is -0.336 e. The highest BCUT2D eigenvalue weighted by Crippen LogP contribution is 2.24. The molecule has 4 heteroatoms. The molecule has 1 N–H and O–H groups in total. The fourth-order valence-corrected chi connectivity index (χ4v) is 2.45. The zero-order chi connectivity index (χ0) is 13.9. The number of rotatable bonds is 4. The molecule has 1 saturated heterocycles. The van der Waals surface area contributed by atoms with Gasteiger partial charge in [0.25, 0.3) is 5.91 Å². The smallest absolute Gasteiger partial charge is 0.261 e. The number of nitrogens with one attached hydrogen (secondary N) is 1. The summed E-state index contributed by atoms with van der Waals surface area (Å²) >= 11 is 0. The average Bonchev–Trinajstić information content (AvgIpc) is 2.85. The van der Waals surface area contributed by atoms with E-state index in [9.17, 15) is 9.18 Å². The second-order valence-corrected chi connectivity index (χ2v) is 5.14. The lowest BCUT2D eigenvalue weighted by atomic mass is 10.0. The molecule has 1 heterocycles. The molecule has 104 valence electrons. The molecule has 2 rings (SSSR count). The summed E-state index contributed by atoms with van der Waals surface area (Å²) < 4.78 is 14.5. The second-order valence-electron chi connectivity index (χ2n) is 5.14. The average molecular weight is 264 g/mol. The fraction of sp³-hybridized carbons (Fsp3) is 0.533. The topological polar surface area (TPSA) is 32.3 Å². The van der Waals surface area contributed by atoms with Crippen molar-refractivity contribution in [3.8, 4) is 0 Å². The number of hydrogen-bond donors (Lipinski definition) is 1. The van der Waals surface area contributed by atoms with Crippen LogP contribution in [0.15, 0.2) is 24.3 Å². The van der Waals surface area contributed by atoms with E-state index in [-0.39, 0.29) is 18.9 Å². The molecule has 1 aliphatic rings. The Hall–Kier alpha value is -1.42. The maximum absolute atomic E-state index is 14.5. The number of amides is 1. The third-order valence-electron chi connectivity index (χ3n) is 3.78. The van der Waals surface area contributed by atoms with E-state index in [1.54, 1.807) is 4.90 Å². The molecule has 0 aromatic heterocycles. The Morgan fingerprint density at radius 1 is 1.47 bits per heavy atom. The van der Waals surface area contributed by atoms with Crippen LogP contribution in [0.25, 0.3) is 0 Å². The van der Waals surface area contributed by atoms with Gasteiger partial charge >= 0.3 is 0 Å². The third-order valence-corrected chi connectivity index (χ3v) is 3.78. The van der Waals surface area contributed by atoms with Crippen molar-refractivity contribution in [3.63, 3.8) is 0 Å². The van der Waals surface area contributed by atoms with Crippen molar-refractivity contribution in [1.82, 2.24) is 10.2 Å². The van der Waals surface area contributed by atoms with Gasteiger partial charge in [0.15, 0.2) is 0 Å². The summed E-state index contributed by atoms with van der Waals surface area (Å²) in [4.78, 5) is 13.9. The Morgan fingerprint density at radius 3 is 2.79 bits per heavy atom. The quantitative estimate of drug-likeness (QED) is 0.902. The Kier molecular flexibility index (Phi) is 4.20. The van der Waals surface area contributed by atoms with Crippen molar-refractivity contribution in [2.75, 3.05) is 19.6 Å². The Morgan fingerprint density at radius 2 is 2.21 bits per heavy atom. The Balaban J connectivity index is 2.12. The normalized spacial score (nSPS) is 22.5. The summed E-state index contributed by atoms with van der Waals surface area (Å²) in [5, 5.41) is 2.93. The number of nitrogens with zero attached hydrogens (tertiary/aromatic N) is 1. The zero-order valence-electron chi connectivity index (χ0n) is 11.6. The van der Waals surface area contributed by atoms with Gasteiger partial charge in [-0.3, -0.25) is 4.79 Å². The van der Waals surface area contributed by atoms with Crippen LogP contribution < -0.4 is 5.32 Å². The van der Waals surface area contributed by atoms with E-state index in [0.29, 0.717) is 19.6 Å². The molecule has 0 spiro atoms. The first kappa shape index (κ1) is 14.0. The number of alkyl halides is 1. The lowest BCUT2D eigenvalue weighted by molar-refractivity contribution is -0.143. The molecule has 1 aliphatic heterocycles. The minimum atomic E-state index is -1.72. The molecule has 0 radical (unpaired) electrons. The van der Waals surface area contributed by atoms with Crippen molar-refractivity contribution in [2.45, 2.75) is 32.5 Å². The van der Waals surface area contributed by atoms with E-state index in [0.717, 1.165) is 11.1 Å². The highest BCUT2D eigenvalue weighted by molar-refractivity contribution is 5.85. The molecule has 1 atom stereocenters. The summed E-state index contributed by atoms with van der Waals surface area (Å²) in [5.74, 6) is -0.386. The predicted octanol–water partition coefficient (Wildman–Crippen LogP) is 2.05. The third kappa shape index (κ3) is 2.95. The zero-order valence-corrected chi connectivity index (χ0v) is 11.6. The van der Waals surface area contributed by atoms with Gasteiger partial charge in [-0.2, -0.15) is 0 Å². The maximum Gasteiger partial charge on any atom is 0.261 e. The summed E-state index contributed by atoms with van der Waals surface area (Å²) in [5.41, 5.74) is 0.483. The van der Waals surface area contributed by atoms with Crippen LogP contribution in [0.4, 0.5) is 4.39 Å². The molecule has 0 bridgehead atoms. The molecule has 0 aliphatic carbocycles. The van der Waals surface area contributed by atoms with E-state index < -0.39 is 5.67 Å². The number of halogens is 1. The molecule has 0 saturated carbocycles. The van der Waals surface area contributed by atoms with Gasteiger partial charge in [-0.05, 0) is 31.5 Å². The number of hydrogen-bond acceptors (Lipinski definition) is 2. The van der Waals surface area contributed by atoms with Crippen LogP contribution in [0.3, 0.4) is 0 Å². The van der Waals surface area contributed by atoms with Crippen LogP contribution in [0.5, 0.6) is 0 Å². The van der Waals surface area contributed by atoms with Gasteiger partial charge < -0.3 is 10.2 Å². The minimum absolute atomic E-state index is 0.135. The van der Waals surface area contributed by atoms with Gasteiger partial charge in [0.05, 0.1) is 0 Å². The highest BCUT2D eigenvalue weighted by atomic mass is 19.1. The number of benzene rings is 1. The van der Waals surface area contributed by atoms with Gasteiger partial charge in [-0.1, -0.05) is 24.3 Å². The molecular weight excluding hydrogens is 243 g/mol. The fourth-order valence-electron chi connectivity index (χ4n) is 2.45. The molecule has 1 aromatic rings. The molecule has 3 nitrogen and oxygen atoms in total. The van der Waals surface area contributed by atoms with Gasteiger partial charge in [0, 0.05) is 26.1 Å². The van der Waals surface area contributed by atoms with Crippen LogP contribution in [0.1, 0.15) is 24.5 Å². The van der Waals surface area contributed by atoms with Crippen LogP contribution in [0, 0.1) is 6.92 Å². The largest absolute Gasteiger partial charge is 0.336 e. The van der Waals surface area contributed by atoms with Crippen LogP contribution in [-0.4, -0.2) is 36.1 Å². The molecule has 1 fully saturated rings. The monoisotopic (exact) mass is 264 g/mol. The maximum atomic E-state index is 14.5. The van der Waals surface area contributed by atoms with E-state index in [1.165, 1.54) is 0 Å².